The second-order valence-electron chi connectivity index (χ2n) is 4.71. The van der Waals surface area contributed by atoms with Crippen molar-refractivity contribution in [3.8, 4) is 10.6 Å². The monoisotopic (exact) mass is 306 g/mol. The van der Waals surface area contributed by atoms with Gasteiger partial charge in [0.1, 0.15) is 11.0 Å². The molecule has 2 atom stereocenters. The number of nitrogens with one attached hydrogen (secondary N) is 1. The largest absolute Gasteiger partial charge is 0.480 e. The molecule has 4 nitrogen and oxygen atoms in total. The van der Waals surface area contributed by atoms with Crippen LogP contribution in [0.1, 0.15) is 15.8 Å². The molecular formula is C14H14N2O2S2. The van der Waals surface area contributed by atoms with Crippen LogP contribution in [-0.4, -0.2) is 27.9 Å². The number of aromatic nitrogens is 1. The first-order valence-corrected chi connectivity index (χ1v) is 8.13. The van der Waals surface area contributed by atoms with E-state index in [4.69, 9.17) is 5.11 Å². The summed E-state index contributed by atoms with van der Waals surface area (Å²) in [5, 5.41) is 13.1. The number of carbonyl (C=O) groups is 1. The summed E-state index contributed by atoms with van der Waals surface area (Å²) in [5.74, 6) is -0.194. The normalized spacial score (nSPS) is 22.1. The molecule has 1 aliphatic rings. The van der Waals surface area contributed by atoms with Gasteiger partial charge in [0.15, 0.2) is 0 Å². The van der Waals surface area contributed by atoms with E-state index in [-0.39, 0.29) is 5.37 Å². The standard InChI is InChI=1S/C14H14N2O2S2/c1-8-3-2-4-9(5-8)12-15-6-11(20-12)13-16-10(7-19-13)14(17)18/h2-6,10,13,16H,7H2,1H3,(H,17,18). The van der Waals surface area contributed by atoms with Gasteiger partial charge in [-0.25, -0.2) is 4.98 Å². The fraction of sp³-hybridized carbons (Fsp3) is 0.286. The highest BCUT2D eigenvalue weighted by molar-refractivity contribution is 7.99. The van der Waals surface area contributed by atoms with Crippen LogP contribution in [-0.2, 0) is 4.79 Å². The average molecular weight is 306 g/mol. The van der Waals surface area contributed by atoms with Crippen molar-refractivity contribution >= 4 is 29.1 Å². The van der Waals surface area contributed by atoms with Gasteiger partial charge in [0.05, 0.1) is 10.3 Å². The number of rotatable bonds is 3. The van der Waals surface area contributed by atoms with Crippen LogP contribution in [0.25, 0.3) is 10.6 Å². The van der Waals surface area contributed by atoms with Gasteiger partial charge in [-0.3, -0.25) is 10.1 Å². The lowest BCUT2D eigenvalue weighted by atomic mass is 10.1. The number of thioether (sulfide) groups is 1. The summed E-state index contributed by atoms with van der Waals surface area (Å²) >= 11 is 3.24. The molecule has 1 fully saturated rings. The minimum atomic E-state index is -0.788. The van der Waals surface area contributed by atoms with E-state index >= 15 is 0 Å². The summed E-state index contributed by atoms with van der Waals surface area (Å²) in [5.41, 5.74) is 2.32. The van der Waals surface area contributed by atoms with Gasteiger partial charge in [0, 0.05) is 17.5 Å². The van der Waals surface area contributed by atoms with E-state index in [2.05, 4.69) is 29.4 Å². The summed E-state index contributed by atoms with van der Waals surface area (Å²) in [7, 11) is 0. The predicted octanol–water partition coefficient (Wildman–Crippen LogP) is 2.91. The lowest BCUT2D eigenvalue weighted by Gasteiger charge is -2.07. The van der Waals surface area contributed by atoms with Gasteiger partial charge in [0.25, 0.3) is 0 Å². The van der Waals surface area contributed by atoms with Crippen LogP contribution in [0.3, 0.4) is 0 Å². The summed E-state index contributed by atoms with van der Waals surface area (Å²) in [6.07, 6.45) is 1.84. The Morgan fingerprint density at radius 2 is 2.35 bits per heavy atom. The van der Waals surface area contributed by atoms with Crippen molar-refractivity contribution in [1.82, 2.24) is 10.3 Å². The molecule has 3 rings (SSSR count). The number of nitrogens with zero attached hydrogens (tertiary/aromatic N) is 1. The van der Waals surface area contributed by atoms with Crippen molar-refractivity contribution in [3.63, 3.8) is 0 Å². The Hall–Kier alpha value is -1.37. The number of carboxylic acids is 1. The highest BCUT2D eigenvalue weighted by atomic mass is 32.2. The topological polar surface area (TPSA) is 62.2 Å². The zero-order valence-electron chi connectivity index (χ0n) is 10.9. The molecule has 20 heavy (non-hydrogen) atoms. The number of aliphatic carboxylic acids is 1. The van der Waals surface area contributed by atoms with Gasteiger partial charge >= 0.3 is 5.97 Å². The van der Waals surface area contributed by atoms with Gasteiger partial charge in [0.2, 0.25) is 0 Å². The number of thiazole rings is 1. The summed E-state index contributed by atoms with van der Waals surface area (Å²) in [6, 6.07) is 7.77. The molecule has 0 saturated carbocycles. The van der Waals surface area contributed by atoms with Crippen molar-refractivity contribution < 1.29 is 9.90 Å². The molecule has 104 valence electrons. The molecule has 2 aromatic rings. The Morgan fingerprint density at radius 1 is 1.50 bits per heavy atom. The SMILES string of the molecule is Cc1cccc(-c2ncc(C3NC(C(=O)O)CS3)s2)c1. The smallest absolute Gasteiger partial charge is 0.321 e. The van der Waals surface area contributed by atoms with Gasteiger partial charge in [-0.1, -0.05) is 23.8 Å². The van der Waals surface area contributed by atoms with Crippen LogP contribution >= 0.6 is 23.1 Å². The highest BCUT2D eigenvalue weighted by Crippen LogP contribution is 2.38. The van der Waals surface area contributed by atoms with E-state index in [0.717, 1.165) is 15.4 Å². The van der Waals surface area contributed by atoms with Crippen LogP contribution in [0.15, 0.2) is 30.5 Å². The second-order valence-corrected chi connectivity index (χ2v) is 6.91. The molecule has 0 radical (unpaired) electrons. The van der Waals surface area contributed by atoms with E-state index < -0.39 is 12.0 Å². The molecule has 6 heteroatoms. The number of benzene rings is 1. The van der Waals surface area contributed by atoms with E-state index in [1.165, 1.54) is 5.56 Å². The number of carboxylic acid groups (broad SMARTS) is 1. The molecular weight excluding hydrogens is 292 g/mol. The Kier molecular flexibility index (Phi) is 3.78. The minimum absolute atomic E-state index is 0.0344. The van der Waals surface area contributed by atoms with Crippen LogP contribution < -0.4 is 5.32 Å². The molecule has 2 unspecified atom stereocenters. The molecule has 1 aromatic heterocycles. The third-order valence-electron chi connectivity index (χ3n) is 3.13. The van der Waals surface area contributed by atoms with Crippen molar-refractivity contribution in [3.05, 3.63) is 40.9 Å². The Labute approximate surface area is 125 Å². The minimum Gasteiger partial charge on any atom is -0.480 e. The molecule has 0 spiro atoms. The van der Waals surface area contributed by atoms with Gasteiger partial charge in [-0.15, -0.1) is 23.1 Å². The first-order valence-electron chi connectivity index (χ1n) is 6.27. The first kappa shape index (κ1) is 13.6. The van der Waals surface area contributed by atoms with Gasteiger partial charge in [-0.2, -0.15) is 0 Å². The second kappa shape index (κ2) is 5.55. The van der Waals surface area contributed by atoms with Gasteiger partial charge in [-0.05, 0) is 13.0 Å². The zero-order valence-corrected chi connectivity index (χ0v) is 12.5. The number of hydrogen-bond acceptors (Lipinski definition) is 5. The number of hydrogen-bond donors (Lipinski definition) is 2. The number of aryl methyl sites for hydroxylation is 1. The van der Waals surface area contributed by atoms with Gasteiger partial charge < -0.3 is 5.11 Å². The van der Waals surface area contributed by atoms with Crippen molar-refractivity contribution in [1.29, 1.82) is 0 Å². The highest BCUT2D eigenvalue weighted by Gasteiger charge is 2.31. The Balaban J connectivity index is 1.79. The van der Waals surface area contributed by atoms with Crippen LogP contribution in [0.5, 0.6) is 0 Å². The fourth-order valence-electron chi connectivity index (χ4n) is 2.10. The van der Waals surface area contributed by atoms with Crippen LogP contribution in [0, 0.1) is 6.92 Å². The molecule has 0 bridgehead atoms. The maximum Gasteiger partial charge on any atom is 0.321 e. The summed E-state index contributed by atoms with van der Waals surface area (Å²) in [6.45, 7) is 2.06. The predicted molar refractivity (Wildman–Crippen MR) is 82.0 cm³/mol. The zero-order chi connectivity index (χ0) is 14.1. The molecule has 1 aromatic carbocycles. The molecule has 1 saturated heterocycles. The van der Waals surface area contributed by atoms with Crippen LogP contribution in [0.2, 0.25) is 0 Å². The van der Waals surface area contributed by atoms with E-state index in [9.17, 15) is 4.79 Å². The third-order valence-corrected chi connectivity index (χ3v) is 5.64. The maximum absolute atomic E-state index is 11.0. The Bertz CT molecular complexity index is 642. The maximum atomic E-state index is 11.0. The Morgan fingerprint density at radius 3 is 3.05 bits per heavy atom. The van der Waals surface area contributed by atoms with Crippen molar-refractivity contribution in [2.75, 3.05) is 5.75 Å². The van der Waals surface area contributed by atoms with Crippen molar-refractivity contribution in [2.45, 2.75) is 18.3 Å². The molecule has 2 N–H and O–H groups in total. The van der Waals surface area contributed by atoms with E-state index in [1.807, 2.05) is 18.3 Å². The summed E-state index contributed by atoms with van der Waals surface area (Å²) < 4.78 is 0. The summed E-state index contributed by atoms with van der Waals surface area (Å²) in [4.78, 5) is 16.5. The third kappa shape index (κ3) is 2.72. The molecule has 0 aliphatic carbocycles. The average Bonchev–Trinajstić information content (AvgIpc) is 3.08. The lowest BCUT2D eigenvalue weighted by Crippen LogP contribution is -2.33. The molecule has 2 heterocycles. The quantitative estimate of drug-likeness (QED) is 0.913. The lowest BCUT2D eigenvalue weighted by molar-refractivity contribution is -0.138. The van der Waals surface area contributed by atoms with E-state index in [0.29, 0.717) is 5.75 Å². The first-order chi connectivity index (χ1) is 9.63. The van der Waals surface area contributed by atoms with Crippen LogP contribution in [0.4, 0.5) is 0 Å². The molecule has 0 amide bonds. The molecule has 1 aliphatic heterocycles. The van der Waals surface area contributed by atoms with E-state index in [1.54, 1.807) is 23.1 Å². The fourth-order valence-corrected chi connectivity index (χ4v) is 4.41. The van der Waals surface area contributed by atoms with Crippen molar-refractivity contribution in [2.24, 2.45) is 0 Å².